The molecule has 2 unspecified atom stereocenters. The Balaban J connectivity index is 2.03. The van der Waals surface area contributed by atoms with E-state index in [2.05, 4.69) is 21.8 Å². The number of rotatable bonds is 3. The highest BCUT2D eigenvalue weighted by molar-refractivity contribution is 6.06. The van der Waals surface area contributed by atoms with E-state index in [1.807, 2.05) is 19.1 Å². The van der Waals surface area contributed by atoms with Crippen molar-refractivity contribution in [3.8, 4) is 12.3 Å². The number of carbonyl (C=O) groups is 2. The van der Waals surface area contributed by atoms with E-state index in [9.17, 15) is 9.59 Å². The zero-order valence-electron chi connectivity index (χ0n) is 12.4. The van der Waals surface area contributed by atoms with Crippen LogP contribution >= 0.6 is 0 Å². The van der Waals surface area contributed by atoms with Crippen molar-refractivity contribution in [2.24, 2.45) is 11.0 Å². The Morgan fingerprint density at radius 1 is 1.50 bits per heavy atom. The molecule has 1 aromatic carbocycles. The van der Waals surface area contributed by atoms with Gasteiger partial charge in [-0.3, -0.25) is 10.1 Å². The first-order valence-corrected chi connectivity index (χ1v) is 6.90. The third-order valence-electron chi connectivity index (χ3n) is 3.21. The first kappa shape index (κ1) is 15.6. The van der Waals surface area contributed by atoms with Crippen molar-refractivity contribution < 1.29 is 14.3 Å². The van der Waals surface area contributed by atoms with Crippen molar-refractivity contribution in [3.05, 3.63) is 29.8 Å². The maximum atomic E-state index is 11.6. The molecule has 6 nitrogen and oxygen atoms in total. The SMILES string of the molecule is C#CC(C)OC(=O)Nc1ccc(C2=NNC(=O)CC2C)cc1. The van der Waals surface area contributed by atoms with Crippen molar-refractivity contribution in [3.63, 3.8) is 0 Å². The van der Waals surface area contributed by atoms with Crippen LogP contribution in [-0.4, -0.2) is 23.8 Å². The lowest BCUT2D eigenvalue weighted by Gasteiger charge is -2.19. The summed E-state index contributed by atoms with van der Waals surface area (Å²) in [6, 6.07) is 7.13. The Hall–Kier alpha value is -2.81. The number of hydrazone groups is 1. The minimum Gasteiger partial charge on any atom is -0.433 e. The predicted molar refractivity (Wildman–Crippen MR) is 83.3 cm³/mol. The van der Waals surface area contributed by atoms with E-state index in [0.717, 1.165) is 11.3 Å². The topological polar surface area (TPSA) is 79.8 Å². The van der Waals surface area contributed by atoms with Crippen molar-refractivity contribution in [1.29, 1.82) is 0 Å². The van der Waals surface area contributed by atoms with E-state index in [-0.39, 0.29) is 11.8 Å². The van der Waals surface area contributed by atoms with Gasteiger partial charge in [-0.15, -0.1) is 6.42 Å². The zero-order valence-corrected chi connectivity index (χ0v) is 12.4. The van der Waals surface area contributed by atoms with Crippen molar-refractivity contribution >= 4 is 23.4 Å². The molecule has 114 valence electrons. The molecule has 0 bridgehead atoms. The van der Waals surface area contributed by atoms with Crippen molar-refractivity contribution in [2.45, 2.75) is 26.4 Å². The van der Waals surface area contributed by atoms with Gasteiger partial charge < -0.3 is 4.74 Å². The predicted octanol–water partition coefficient (Wildman–Crippen LogP) is 2.12. The summed E-state index contributed by atoms with van der Waals surface area (Å²) >= 11 is 0. The van der Waals surface area contributed by atoms with E-state index < -0.39 is 12.2 Å². The fourth-order valence-electron chi connectivity index (χ4n) is 2.07. The molecule has 1 aliphatic heterocycles. The molecule has 0 saturated carbocycles. The normalized spacial score (nSPS) is 18.5. The summed E-state index contributed by atoms with van der Waals surface area (Å²) in [4.78, 5) is 22.8. The number of terminal acetylenes is 1. The molecule has 2 rings (SSSR count). The smallest absolute Gasteiger partial charge is 0.412 e. The zero-order chi connectivity index (χ0) is 16.1. The number of hydrogen-bond donors (Lipinski definition) is 2. The van der Waals surface area contributed by atoms with Crippen LogP contribution in [0.2, 0.25) is 0 Å². The second kappa shape index (κ2) is 6.76. The van der Waals surface area contributed by atoms with E-state index in [1.165, 1.54) is 0 Å². The lowest BCUT2D eigenvalue weighted by atomic mass is 9.94. The Morgan fingerprint density at radius 3 is 2.77 bits per heavy atom. The lowest BCUT2D eigenvalue weighted by molar-refractivity contribution is -0.121. The second-order valence-corrected chi connectivity index (χ2v) is 5.05. The van der Waals surface area contributed by atoms with Crippen LogP contribution in [0.25, 0.3) is 0 Å². The third-order valence-corrected chi connectivity index (χ3v) is 3.21. The maximum Gasteiger partial charge on any atom is 0.412 e. The first-order chi connectivity index (χ1) is 10.5. The minimum atomic E-state index is -0.603. The number of nitrogens with one attached hydrogen (secondary N) is 2. The van der Waals surface area contributed by atoms with Crippen molar-refractivity contribution in [2.75, 3.05) is 5.32 Å². The fraction of sp³-hybridized carbons (Fsp3) is 0.312. The van der Waals surface area contributed by atoms with E-state index in [1.54, 1.807) is 19.1 Å². The van der Waals surface area contributed by atoms with Gasteiger partial charge in [-0.05, 0) is 24.6 Å². The van der Waals surface area contributed by atoms with Crippen LogP contribution in [0.1, 0.15) is 25.8 Å². The molecule has 2 atom stereocenters. The summed E-state index contributed by atoms with van der Waals surface area (Å²) in [6.45, 7) is 3.56. The van der Waals surface area contributed by atoms with Crippen LogP contribution in [-0.2, 0) is 9.53 Å². The summed E-state index contributed by atoms with van der Waals surface area (Å²) in [5.74, 6) is 2.28. The largest absolute Gasteiger partial charge is 0.433 e. The Morgan fingerprint density at radius 2 is 2.18 bits per heavy atom. The van der Waals surface area contributed by atoms with Gasteiger partial charge in [-0.25, -0.2) is 10.2 Å². The Labute approximate surface area is 128 Å². The van der Waals surface area contributed by atoms with Gasteiger partial charge in [0, 0.05) is 18.0 Å². The van der Waals surface area contributed by atoms with Crippen LogP contribution in [0.5, 0.6) is 0 Å². The summed E-state index contributed by atoms with van der Waals surface area (Å²) in [6.07, 6.45) is 4.37. The van der Waals surface area contributed by atoms with Crippen LogP contribution in [0.4, 0.5) is 10.5 Å². The summed E-state index contributed by atoms with van der Waals surface area (Å²) in [5, 5.41) is 6.67. The Bertz CT molecular complexity index is 644. The molecule has 2 amide bonds. The lowest BCUT2D eigenvalue weighted by Crippen LogP contribution is -2.31. The average molecular weight is 299 g/mol. The maximum absolute atomic E-state index is 11.6. The van der Waals surface area contributed by atoms with Gasteiger partial charge in [0.2, 0.25) is 5.91 Å². The molecule has 0 spiro atoms. The number of hydrogen-bond acceptors (Lipinski definition) is 4. The summed E-state index contributed by atoms with van der Waals surface area (Å²) < 4.78 is 4.92. The van der Waals surface area contributed by atoms with Gasteiger partial charge >= 0.3 is 6.09 Å². The van der Waals surface area contributed by atoms with E-state index in [0.29, 0.717) is 12.1 Å². The highest BCUT2D eigenvalue weighted by Crippen LogP contribution is 2.18. The first-order valence-electron chi connectivity index (χ1n) is 6.90. The van der Waals surface area contributed by atoms with E-state index in [4.69, 9.17) is 11.2 Å². The third kappa shape index (κ3) is 3.85. The highest BCUT2D eigenvalue weighted by Gasteiger charge is 2.21. The quantitative estimate of drug-likeness (QED) is 0.839. The molecule has 0 radical (unpaired) electrons. The van der Waals surface area contributed by atoms with Gasteiger partial charge in [0.05, 0.1) is 5.71 Å². The van der Waals surface area contributed by atoms with Gasteiger partial charge in [-0.1, -0.05) is 25.0 Å². The van der Waals surface area contributed by atoms with Gasteiger partial charge in [0.15, 0.2) is 6.10 Å². The van der Waals surface area contributed by atoms with Crippen LogP contribution in [0.15, 0.2) is 29.4 Å². The van der Waals surface area contributed by atoms with Crippen LogP contribution < -0.4 is 10.7 Å². The highest BCUT2D eigenvalue weighted by atomic mass is 16.6. The number of amides is 2. The van der Waals surface area contributed by atoms with Crippen molar-refractivity contribution in [1.82, 2.24) is 5.43 Å². The summed E-state index contributed by atoms with van der Waals surface area (Å²) in [7, 11) is 0. The number of ether oxygens (including phenoxy) is 1. The molecular formula is C16H17N3O3. The minimum absolute atomic E-state index is 0.0500. The molecule has 22 heavy (non-hydrogen) atoms. The fourth-order valence-corrected chi connectivity index (χ4v) is 2.07. The molecular weight excluding hydrogens is 282 g/mol. The molecule has 1 aromatic rings. The van der Waals surface area contributed by atoms with Gasteiger partial charge in [0.25, 0.3) is 0 Å². The second-order valence-electron chi connectivity index (χ2n) is 5.05. The molecule has 0 aromatic heterocycles. The van der Waals surface area contributed by atoms with E-state index >= 15 is 0 Å². The molecule has 0 saturated heterocycles. The standard InChI is InChI=1S/C16H17N3O3/c1-4-11(3)22-16(21)17-13-7-5-12(6-8-13)15-10(2)9-14(20)18-19-15/h1,5-8,10-11H,9H2,2-3H3,(H,17,21)(H,18,20). The number of nitrogens with zero attached hydrogens (tertiary/aromatic N) is 1. The molecule has 0 aliphatic carbocycles. The number of carbonyl (C=O) groups excluding carboxylic acids is 2. The number of benzene rings is 1. The average Bonchev–Trinajstić information content (AvgIpc) is 2.48. The molecule has 1 aliphatic rings. The molecule has 2 N–H and O–H groups in total. The summed E-state index contributed by atoms with van der Waals surface area (Å²) in [5.41, 5.74) is 4.77. The molecule has 6 heteroatoms. The monoisotopic (exact) mass is 299 g/mol. The Kier molecular flexibility index (Phi) is 4.79. The van der Waals surface area contributed by atoms with Crippen LogP contribution in [0.3, 0.4) is 0 Å². The van der Waals surface area contributed by atoms with Gasteiger partial charge in [-0.2, -0.15) is 5.10 Å². The van der Waals surface area contributed by atoms with Crippen LogP contribution in [0, 0.1) is 18.3 Å². The van der Waals surface area contributed by atoms with Gasteiger partial charge in [0.1, 0.15) is 0 Å². The molecule has 1 heterocycles. The molecule has 0 fully saturated rings. The number of anilines is 1.